The first-order chi connectivity index (χ1) is 23.5. The number of rotatable bonds is 11. The number of aryl methyl sites for hydroxylation is 1. The Bertz CT molecular complexity index is 1920. The number of carbonyl (C=O) groups excluding carboxylic acids is 2. The Labute approximate surface area is 280 Å². The number of hydrogen-bond donors (Lipinski definition) is 1. The maximum Gasteiger partial charge on any atom is 0.225 e. The molecule has 9 nitrogen and oxygen atoms in total. The van der Waals surface area contributed by atoms with Gasteiger partial charge in [-0.15, -0.1) is 0 Å². The zero-order valence-corrected chi connectivity index (χ0v) is 27.0. The minimum atomic E-state index is -0.479. The number of nitrogens with one attached hydrogen (secondary N) is 1. The number of aromatic nitrogens is 2. The van der Waals surface area contributed by atoms with E-state index in [2.05, 4.69) is 26.3 Å². The van der Waals surface area contributed by atoms with Gasteiger partial charge in [0.1, 0.15) is 18.4 Å². The lowest BCUT2D eigenvalue weighted by atomic mass is 10.0. The van der Waals surface area contributed by atoms with Crippen LogP contribution in [0.5, 0.6) is 5.75 Å². The van der Waals surface area contributed by atoms with E-state index >= 15 is 0 Å². The van der Waals surface area contributed by atoms with Crippen LogP contribution in [0.2, 0.25) is 0 Å². The second-order valence-electron chi connectivity index (χ2n) is 12.0. The second-order valence-corrected chi connectivity index (χ2v) is 12.0. The number of benzene rings is 3. The third-order valence-electron chi connectivity index (χ3n) is 8.72. The van der Waals surface area contributed by atoms with Crippen molar-refractivity contribution in [2.45, 2.75) is 38.5 Å². The Kier molecular flexibility index (Phi) is 10.3. The monoisotopic (exact) mass is 638 g/mol. The highest BCUT2D eigenvalue weighted by molar-refractivity contribution is 5.82. The number of amides is 2. The van der Waals surface area contributed by atoms with Crippen LogP contribution in [-0.4, -0.2) is 57.8 Å². The molecule has 3 aromatic carbocycles. The van der Waals surface area contributed by atoms with Crippen LogP contribution >= 0.6 is 0 Å². The van der Waals surface area contributed by atoms with Gasteiger partial charge in [-0.25, -0.2) is 4.98 Å². The van der Waals surface area contributed by atoms with Gasteiger partial charge >= 0.3 is 0 Å². The molecule has 242 valence electrons. The fourth-order valence-corrected chi connectivity index (χ4v) is 6.13. The van der Waals surface area contributed by atoms with Crippen molar-refractivity contribution in [2.24, 2.45) is 0 Å². The molecule has 48 heavy (non-hydrogen) atoms. The molecule has 2 amide bonds. The van der Waals surface area contributed by atoms with E-state index in [0.29, 0.717) is 38.5 Å². The average molecular weight is 639 g/mol. The predicted octanol–water partition coefficient (Wildman–Crippen LogP) is 5.72. The normalized spacial score (nSPS) is 14.5. The standard InChI is InChI=1S/C39H38N6O3/c1-28-34(14-8-18-41-28)37(26-40)44-19-21-45(22-20-44)39(47)25-36(30-10-3-2-4-11-30)43-38(46)24-29-9-7-13-33(23-29)48-27-32-17-16-31-12-5-6-15-35(31)42-32/h2-18,23,36-37H,19-22,24-25,27H2,1H3,(H,43,46). The fraction of sp³-hybridized carbons (Fsp3) is 0.256. The minimum absolute atomic E-state index is 0.0347. The van der Waals surface area contributed by atoms with Gasteiger partial charge in [0.25, 0.3) is 0 Å². The van der Waals surface area contributed by atoms with Crippen LogP contribution in [0.1, 0.15) is 46.6 Å². The molecular weight excluding hydrogens is 600 g/mol. The van der Waals surface area contributed by atoms with Gasteiger partial charge in [0.05, 0.1) is 36.2 Å². The van der Waals surface area contributed by atoms with Crippen LogP contribution in [0.3, 0.4) is 0 Å². The summed E-state index contributed by atoms with van der Waals surface area (Å²) in [6.07, 6.45) is 2.01. The summed E-state index contributed by atoms with van der Waals surface area (Å²) in [7, 11) is 0. The van der Waals surface area contributed by atoms with E-state index in [1.54, 1.807) is 6.20 Å². The van der Waals surface area contributed by atoms with E-state index in [9.17, 15) is 14.9 Å². The summed E-state index contributed by atoms with van der Waals surface area (Å²) in [5, 5.41) is 14.1. The Morgan fingerprint density at radius 2 is 1.71 bits per heavy atom. The molecule has 2 aromatic heterocycles. The van der Waals surface area contributed by atoms with Crippen molar-refractivity contribution in [3.63, 3.8) is 0 Å². The van der Waals surface area contributed by atoms with Gasteiger partial charge in [0.15, 0.2) is 0 Å². The summed E-state index contributed by atoms with van der Waals surface area (Å²) >= 11 is 0. The van der Waals surface area contributed by atoms with Gasteiger partial charge in [0, 0.05) is 49.0 Å². The average Bonchev–Trinajstić information content (AvgIpc) is 3.12. The van der Waals surface area contributed by atoms with Crippen LogP contribution in [0, 0.1) is 18.3 Å². The lowest BCUT2D eigenvalue weighted by molar-refractivity contribution is -0.134. The summed E-state index contributed by atoms with van der Waals surface area (Å²) in [5.41, 5.74) is 5.15. The summed E-state index contributed by atoms with van der Waals surface area (Å²) in [4.78, 5) is 39.9. The summed E-state index contributed by atoms with van der Waals surface area (Å²) in [6, 6.07) is 34.3. The Hall–Kier alpha value is -5.59. The molecule has 5 aromatic rings. The minimum Gasteiger partial charge on any atom is -0.487 e. The van der Waals surface area contributed by atoms with E-state index in [-0.39, 0.29) is 24.7 Å². The Morgan fingerprint density at radius 1 is 0.917 bits per heavy atom. The van der Waals surface area contributed by atoms with Crippen LogP contribution < -0.4 is 10.1 Å². The van der Waals surface area contributed by atoms with Crippen LogP contribution in [-0.2, 0) is 22.6 Å². The number of hydrogen-bond acceptors (Lipinski definition) is 7. The molecule has 1 fully saturated rings. The number of pyridine rings is 2. The lowest BCUT2D eigenvalue weighted by Crippen LogP contribution is -2.50. The van der Waals surface area contributed by atoms with E-state index in [1.165, 1.54) is 0 Å². The molecule has 1 aliphatic rings. The first-order valence-electron chi connectivity index (χ1n) is 16.2. The smallest absolute Gasteiger partial charge is 0.225 e. The molecule has 9 heteroatoms. The molecule has 3 heterocycles. The van der Waals surface area contributed by atoms with Gasteiger partial charge in [-0.3, -0.25) is 19.5 Å². The summed E-state index contributed by atoms with van der Waals surface area (Å²) in [5.74, 6) is 0.438. The van der Waals surface area contributed by atoms with Gasteiger partial charge in [-0.2, -0.15) is 5.26 Å². The fourth-order valence-electron chi connectivity index (χ4n) is 6.13. The van der Waals surface area contributed by atoms with Crippen molar-refractivity contribution in [2.75, 3.05) is 26.2 Å². The van der Waals surface area contributed by atoms with Crippen molar-refractivity contribution in [1.82, 2.24) is 25.1 Å². The van der Waals surface area contributed by atoms with Crippen molar-refractivity contribution in [3.8, 4) is 11.8 Å². The molecule has 0 aliphatic carbocycles. The number of nitrogens with zero attached hydrogens (tertiary/aromatic N) is 5. The molecule has 0 saturated carbocycles. The van der Waals surface area contributed by atoms with Crippen molar-refractivity contribution in [3.05, 3.63) is 137 Å². The number of carbonyl (C=O) groups is 2. The van der Waals surface area contributed by atoms with E-state index < -0.39 is 12.1 Å². The highest BCUT2D eigenvalue weighted by Gasteiger charge is 2.29. The number of piperazine rings is 1. The van der Waals surface area contributed by atoms with Crippen LogP contribution in [0.4, 0.5) is 0 Å². The molecular formula is C39H38N6O3. The van der Waals surface area contributed by atoms with E-state index in [4.69, 9.17) is 4.74 Å². The Balaban J connectivity index is 1.05. The van der Waals surface area contributed by atoms with Gasteiger partial charge in [0.2, 0.25) is 11.8 Å². The van der Waals surface area contributed by atoms with Crippen molar-refractivity contribution in [1.29, 1.82) is 5.26 Å². The molecule has 1 aliphatic heterocycles. The van der Waals surface area contributed by atoms with E-state index in [0.717, 1.165) is 39.0 Å². The quantitative estimate of drug-likeness (QED) is 0.197. The largest absolute Gasteiger partial charge is 0.487 e. The maximum atomic E-state index is 13.6. The van der Waals surface area contributed by atoms with E-state index in [1.807, 2.05) is 115 Å². The molecule has 0 bridgehead atoms. The third-order valence-corrected chi connectivity index (χ3v) is 8.72. The van der Waals surface area contributed by atoms with Crippen LogP contribution in [0.25, 0.3) is 10.9 Å². The zero-order chi connectivity index (χ0) is 33.3. The molecule has 0 spiro atoms. The highest BCUT2D eigenvalue weighted by atomic mass is 16.5. The maximum absolute atomic E-state index is 13.6. The Morgan fingerprint density at radius 3 is 2.50 bits per heavy atom. The molecule has 2 atom stereocenters. The zero-order valence-electron chi connectivity index (χ0n) is 27.0. The predicted molar refractivity (Wildman–Crippen MR) is 184 cm³/mol. The first kappa shape index (κ1) is 32.4. The molecule has 0 radical (unpaired) electrons. The van der Waals surface area contributed by atoms with Crippen LogP contribution in [0.15, 0.2) is 109 Å². The molecule has 6 rings (SSSR count). The number of para-hydroxylation sites is 1. The van der Waals surface area contributed by atoms with Gasteiger partial charge in [-0.1, -0.05) is 72.8 Å². The third kappa shape index (κ3) is 8.03. The first-order valence-corrected chi connectivity index (χ1v) is 16.2. The summed E-state index contributed by atoms with van der Waals surface area (Å²) in [6.45, 7) is 4.40. The summed E-state index contributed by atoms with van der Waals surface area (Å²) < 4.78 is 6.03. The lowest BCUT2D eigenvalue weighted by Gasteiger charge is -2.37. The topological polar surface area (TPSA) is 111 Å². The number of ether oxygens (including phenoxy) is 1. The van der Waals surface area contributed by atoms with Gasteiger partial charge in [-0.05, 0) is 48.4 Å². The van der Waals surface area contributed by atoms with Gasteiger partial charge < -0.3 is 15.0 Å². The molecule has 2 unspecified atom stereocenters. The van der Waals surface area contributed by atoms with Crippen molar-refractivity contribution < 1.29 is 14.3 Å². The highest BCUT2D eigenvalue weighted by Crippen LogP contribution is 2.25. The SMILES string of the molecule is Cc1ncccc1C(C#N)N1CCN(C(=O)CC(NC(=O)Cc2cccc(OCc3ccc4ccccc4n3)c2)c2ccccc2)CC1. The molecule has 1 saturated heterocycles. The number of fused-ring (bicyclic) bond motifs is 1. The number of nitriles is 1. The molecule has 1 N–H and O–H groups in total. The second kappa shape index (κ2) is 15.3. The van der Waals surface area contributed by atoms with Crippen molar-refractivity contribution >= 4 is 22.7 Å².